The van der Waals surface area contributed by atoms with Gasteiger partial charge in [0, 0.05) is 4.90 Å². The lowest BCUT2D eigenvalue weighted by Gasteiger charge is -2.02. The van der Waals surface area contributed by atoms with Crippen molar-refractivity contribution in [1.82, 2.24) is 0 Å². The van der Waals surface area contributed by atoms with Crippen molar-refractivity contribution in [2.75, 3.05) is 4.72 Å². The zero-order chi connectivity index (χ0) is 8.27. The van der Waals surface area contributed by atoms with Crippen LogP contribution in [0.2, 0.25) is 0 Å². The normalized spacial score (nSPS) is 12.5. The van der Waals surface area contributed by atoms with Gasteiger partial charge in [0.2, 0.25) is 0 Å². The Kier molecular flexibility index (Phi) is 2.92. The minimum Gasteiger partial charge on any atom is -0.289 e. The highest BCUT2D eigenvalue weighted by Crippen LogP contribution is 2.18. The zero-order valence-corrected chi connectivity index (χ0v) is 7.23. The summed E-state index contributed by atoms with van der Waals surface area (Å²) in [4.78, 5) is 0.648. The molecule has 0 aliphatic heterocycles. The third-order valence-electron chi connectivity index (χ3n) is 1.10. The van der Waals surface area contributed by atoms with Gasteiger partial charge in [-0.2, -0.15) is 0 Å². The third-order valence-corrected chi connectivity index (χ3v) is 1.89. The van der Waals surface area contributed by atoms with E-state index >= 15 is 0 Å². The molecule has 1 aromatic rings. The molecule has 5 heteroatoms. The van der Waals surface area contributed by atoms with E-state index in [1.165, 1.54) is 0 Å². The van der Waals surface area contributed by atoms with E-state index in [0.29, 0.717) is 10.6 Å². The average Bonchev–Trinajstić information content (AvgIpc) is 1.93. The van der Waals surface area contributed by atoms with Crippen molar-refractivity contribution in [3.05, 3.63) is 24.3 Å². The Morgan fingerprint density at radius 2 is 2.09 bits per heavy atom. The van der Waals surface area contributed by atoms with Crippen molar-refractivity contribution in [2.24, 2.45) is 0 Å². The number of anilines is 1. The van der Waals surface area contributed by atoms with Gasteiger partial charge in [-0.05, 0) is 12.1 Å². The van der Waals surface area contributed by atoms with E-state index in [0.717, 1.165) is 0 Å². The molecule has 0 aliphatic rings. The van der Waals surface area contributed by atoms with Crippen molar-refractivity contribution < 1.29 is 8.76 Å². The van der Waals surface area contributed by atoms with Crippen LogP contribution in [0, 0.1) is 0 Å². The Labute approximate surface area is 72.6 Å². The van der Waals surface area contributed by atoms with Crippen LogP contribution in [-0.4, -0.2) is 8.76 Å². The fourth-order valence-corrected chi connectivity index (χ4v) is 1.31. The summed E-state index contributed by atoms with van der Waals surface area (Å²) in [5.41, 5.74) is 0.552. The first kappa shape index (κ1) is 8.58. The molecule has 1 rings (SSSR count). The van der Waals surface area contributed by atoms with Crippen molar-refractivity contribution in [2.45, 2.75) is 4.90 Å². The molecule has 0 radical (unpaired) electrons. The molecule has 0 bridgehead atoms. The number of hydrogen-bond donors (Lipinski definition) is 3. The standard InChI is InChI=1S/C6H7NO2S2/c8-11(9)7-5-3-1-2-4-6(5)10/h1-4,7,10H,(H,8,9). The SMILES string of the molecule is O=S(O)Nc1ccccc1S. The molecule has 1 unspecified atom stereocenters. The Bertz CT molecular complexity index is 277. The maximum absolute atomic E-state index is 10.3. The van der Waals surface area contributed by atoms with Crippen LogP contribution in [0.4, 0.5) is 5.69 Å². The number of hydrogen-bond acceptors (Lipinski definition) is 2. The van der Waals surface area contributed by atoms with E-state index in [4.69, 9.17) is 4.55 Å². The molecule has 1 atom stereocenters. The lowest BCUT2D eigenvalue weighted by molar-refractivity contribution is 0.570. The summed E-state index contributed by atoms with van der Waals surface area (Å²) in [6.07, 6.45) is 0. The molecule has 1 aromatic carbocycles. The minimum atomic E-state index is -2.03. The van der Waals surface area contributed by atoms with Crippen LogP contribution in [0.25, 0.3) is 0 Å². The number of para-hydroxylation sites is 1. The quantitative estimate of drug-likeness (QED) is 0.488. The lowest BCUT2D eigenvalue weighted by atomic mass is 10.3. The molecule has 2 N–H and O–H groups in total. The van der Waals surface area contributed by atoms with E-state index in [1.54, 1.807) is 24.3 Å². The van der Waals surface area contributed by atoms with Gasteiger partial charge in [0.05, 0.1) is 5.69 Å². The molecule has 0 saturated carbocycles. The van der Waals surface area contributed by atoms with E-state index in [9.17, 15) is 4.21 Å². The first-order valence-electron chi connectivity index (χ1n) is 2.85. The fraction of sp³-hybridized carbons (Fsp3) is 0. The van der Waals surface area contributed by atoms with Gasteiger partial charge in [0.1, 0.15) is 0 Å². The summed E-state index contributed by atoms with van der Waals surface area (Å²) in [5.74, 6) is 0. The second-order valence-electron chi connectivity index (χ2n) is 1.87. The second kappa shape index (κ2) is 3.75. The van der Waals surface area contributed by atoms with Crippen LogP contribution in [0.15, 0.2) is 29.2 Å². The molecule has 0 fully saturated rings. The maximum Gasteiger partial charge on any atom is 0.259 e. The lowest BCUT2D eigenvalue weighted by Crippen LogP contribution is -2.01. The van der Waals surface area contributed by atoms with Gasteiger partial charge in [-0.25, -0.2) is 4.21 Å². The molecule has 0 aromatic heterocycles. The molecular formula is C6H7NO2S2. The molecule has 0 heterocycles. The van der Waals surface area contributed by atoms with Crippen LogP contribution in [-0.2, 0) is 11.3 Å². The summed E-state index contributed by atoms with van der Waals surface area (Å²) in [7, 11) is 0. The van der Waals surface area contributed by atoms with Gasteiger partial charge in [0.25, 0.3) is 11.3 Å². The molecule has 3 nitrogen and oxygen atoms in total. The van der Waals surface area contributed by atoms with Gasteiger partial charge in [0.15, 0.2) is 0 Å². The fourth-order valence-electron chi connectivity index (χ4n) is 0.654. The van der Waals surface area contributed by atoms with Crippen molar-refractivity contribution in [3.8, 4) is 0 Å². The third kappa shape index (κ3) is 2.53. The van der Waals surface area contributed by atoms with Crippen molar-refractivity contribution in [1.29, 1.82) is 0 Å². The van der Waals surface area contributed by atoms with E-state index in [-0.39, 0.29) is 0 Å². The van der Waals surface area contributed by atoms with E-state index in [2.05, 4.69) is 17.4 Å². The minimum absolute atomic E-state index is 0.552. The van der Waals surface area contributed by atoms with Crippen LogP contribution < -0.4 is 4.72 Å². The van der Waals surface area contributed by atoms with Crippen LogP contribution in [0.3, 0.4) is 0 Å². The first-order valence-corrected chi connectivity index (χ1v) is 4.41. The number of rotatable bonds is 2. The molecule has 0 aliphatic carbocycles. The molecule has 0 amide bonds. The Hall–Kier alpha value is -0.520. The highest BCUT2D eigenvalue weighted by atomic mass is 32.2. The summed E-state index contributed by atoms with van der Waals surface area (Å²) in [5, 5.41) is 0. The Morgan fingerprint density at radius 1 is 1.45 bits per heavy atom. The highest BCUT2D eigenvalue weighted by molar-refractivity contribution is 7.81. The number of benzene rings is 1. The largest absolute Gasteiger partial charge is 0.289 e. The predicted octanol–water partition coefficient (Wildman–Crippen LogP) is 1.52. The maximum atomic E-state index is 10.3. The summed E-state index contributed by atoms with van der Waals surface area (Å²) in [6.45, 7) is 0. The second-order valence-corrected chi connectivity index (χ2v) is 3.05. The zero-order valence-electron chi connectivity index (χ0n) is 5.52. The van der Waals surface area contributed by atoms with Gasteiger partial charge in [-0.1, -0.05) is 12.1 Å². The molecule has 0 saturated heterocycles. The Balaban J connectivity index is 2.86. The first-order chi connectivity index (χ1) is 5.20. The molecule has 11 heavy (non-hydrogen) atoms. The van der Waals surface area contributed by atoms with Gasteiger partial charge < -0.3 is 0 Å². The summed E-state index contributed by atoms with van der Waals surface area (Å²) >= 11 is 2.04. The Morgan fingerprint density at radius 3 is 2.64 bits per heavy atom. The molecule has 60 valence electrons. The monoisotopic (exact) mass is 189 g/mol. The average molecular weight is 189 g/mol. The molecule has 0 spiro atoms. The van der Waals surface area contributed by atoms with Crippen molar-refractivity contribution in [3.63, 3.8) is 0 Å². The topological polar surface area (TPSA) is 49.3 Å². The predicted molar refractivity (Wildman–Crippen MR) is 48.1 cm³/mol. The highest BCUT2D eigenvalue weighted by Gasteiger charge is 1.97. The summed E-state index contributed by atoms with van der Waals surface area (Å²) in [6, 6.07) is 6.97. The summed E-state index contributed by atoms with van der Waals surface area (Å²) < 4.78 is 21.1. The van der Waals surface area contributed by atoms with Gasteiger partial charge in [-0.3, -0.25) is 9.27 Å². The van der Waals surface area contributed by atoms with Gasteiger partial charge >= 0.3 is 0 Å². The number of thiol groups is 1. The van der Waals surface area contributed by atoms with Crippen LogP contribution >= 0.6 is 12.6 Å². The van der Waals surface area contributed by atoms with E-state index < -0.39 is 11.3 Å². The smallest absolute Gasteiger partial charge is 0.259 e. The van der Waals surface area contributed by atoms with Crippen LogP contribution in [0.5, 0.6) is 0 Å². The molecular weight excluding hydrogens is 182 g/mol. The van der Waals surface area contributed by atoms with E-state index in [1.807, 2.05) is 0 Å². The van der Waals surface area contributed by atoms with Gasteiger partial charge in [-0.15, -0.1) is 12.6 Å². The number of nitrogens with one attached hydrogen (secondary N) is 1. The van der Waals surface area contributed by atoms with Crippen molar-refractivity contribution >= 4 is 29.6 Å². The van der Waals surface area contributed by atoms with Crippen LogP contribution in [0.1, 0.15) is 0 Å².